The van der Waals surface area contributed by atoms with Gasteiger partial charge in [0.05, 0.1) is 0 Å². The SMILES string of the molecule is CCC1CCC(N(C)CCCC(CCN)C(C)(C)C)CC1. The first-order valence-electron chi connectivity index (χ1n) is 9.28. The summed E-state index contributed by atoms with van der Waals surface area (Å²) in [6.07, 6.45) is 10.9. The van der Waals surface area contributed by atoms with Crippen molar-refractivity contribution in [3.8, 4) is 0 Å². The third-order valence-electron chi connectivity index (χ3n) is 5.82. The highest BCUT2D eigenvalue weighted by molar-refractivity contribution is 4.79. The van der Waals surface area contributed by atoms with E-state index in [1.807, 2.05) is 0 Å². The number of rotatable bonds is 8. The third-order valence-corrected chi connectivity index (χ3v) is 5.82. The van der Waals surface area contributed by atoms with E-state index in [9.17, 15) is 0 Å². The lowest BCUT2D eigenvalue weighted by Crippen LogP contribution is -2.36. The zero-order chi connectivity index (χ0) is 15.9. The van der Waals surface area contributed by atoms with Gasteiger partial charge in [0, 0.05) is 6.04 Å². The normalized spacial score (nSPS) is 25.3. The number of hydrogen-bond acceptors (Lipinski definition) is 2. The summed E-state index contributed by atoms with van der Waals surface area (Å²) in [6.45, 7) is 11.5. The van der Waals surface area contributed by atoms with E-state index in [1.54, 1.807) is 0 Å². The minimum absolute atomic E-state index is 0.400. The molecule has 2 nitrogen and oxygen atoms in total. The molecule has 0 aromatic heterocycles. The highest BCUT2D eigenvalue weighted by Crippen LogP contribution is 2.33. The molecule has 0 aromatic carbocycles. The van der Waals surface area contributed by atoms with E-state index in [4.69, 9.17) is 5.73 Å². The molecular formula is C19H40N2. The Morgan fingerprint density at radius 2 is 1.71 bits per heavy atom. The molecule has 0 spiro atoms. The first-order chi connectivity index (χ1) is 9.88. The molecule has 1 unspecified atom stereocenters. The zero-order valence-electron chi connectivity index (χ0n) is 15.3. The van der Waals surface area contributed by atoms with Gasteiger partial charge in [-0.2, -0.15) is 0 Å². The molecule has 0 bridgehead atoms. The van der Waals surface area contributed by atoms with Crippen LogP contribution in [-0.4, -0.2) is 31.1 Å². The highest BCUT2D eigenvalue weighted by Gasteiger charge is 2.25. The molecule has 0 aliphatic heterocycles. The van der Waals surface area contributed by atoms with E-state index in [-0.39, 0.29) is 0 Å². The first-order valence-corrected chi connectivity index (χ1v) is 9.28. The van der Waals surface area contributed by atoms with Gasteiger partial charge in [-0.05, 0) is 82.3 Å². The van der Waals surface area contributed by atoms with Crippen LogP contribution in [0.2, 0.25) is 0 Å². The maximum absolute atomic E-state index is 5.79. The first kappa shape index (κ1) is 19.0. The molecule has 0 heterocycles. The Kier molecular flexibility index (Phi) is 8.26. The fraction of sp³-hybridized carbons (Fsp3) is 1.00. The monoisotopic (exact) mass is 296 g/mol. The average Bonchev–Trinajstić information content (AvgIpc) is 2.45. The van der Waals surface area contributed by atoms with Gasteiger partial charge < -0.3 is 10.6 Å². The van der Waals surface area contributed by atoms with Gasteiger partial charge in [-0.25, -0.2) is 0 Å². The second kappa shape index (κ2) is 9.15. The van der Waals surface area contributed by atoms with Gasteiger partial charge >= 0.3 is 0 Å². The molecule has 2 N–H and O–H groups in total. The second-order valence-corrected chi connectivity index (χ2v) is 8.35. The average molecular weight is 297 g/mol. The summed E-state index contributed by atoms with van der Waals surface area (Å²) in [5.74, 6) is 1.77. The molecule has 1 rings (SSSR count). The Hall–Kier alpha value is -0.0800. The lowest BCUT2D eigenvalue weighted by Gasteiger charge is -2.35. The smallest absolute Gasteiger partial charge is 0.00924 e. The van der Waals surface area contributed by atoms with Crippen LogP contribution in [-0.2, 0) is 0 Å². The Labute approximate surface area is 133 Å². The minimum atomic E-state index is 0.400. The van der Waals surface area contributed by atoms with Crippen molar-refractivity contribution in [2.45, 2.75) is 85.1 Å². The Morgan fingerprint density at radius 1 is 1.10 bits per heavy atom. The third kappa shape index (κ3) is 6.69. The maximum Gasteiger partial charge on any atom is 0.00924 e. The van der Waals surface area contributed by atoms with Crippen LogP contribution in [0.5, 0.6) is 0 Å². The molecule has 1 fully saturated rings. The summed E-state index contributed by atoms with van der Waals surface area (Å²) in [6, 6.07) is 0.843. The zero-order valence-corrected chi connectivity index (χ0v) is 15.3. The molecule has 1 atom stereocenters. The topological polar surface area (TPSA) is 29.3 Å². The van der Waals surface area contributed by atoms with E-state index in [2.05, 4.69) is 39.6 Å². The van der Waals surface area contributed by atoms with Gasteiger partial charge in [0.2, 0.25) is 0 Å². The van der Waals surface area contributed by atoms with Gasteiger partial charge in [0.15, 0.2) is 0 Å². The van der Waals surface area contributed by atoms with Crippen LogP contribution in [0.15, 0.2) is 0 Å². The van der Waals surface area contributed by atoms with Gasteiger partial charge in [-0.15, -0.1) is 0 Å². The number of nitrogens with zero attached hydrogens (tertiary/aromatic N) is 1. The predicted molar refractivity (Wildman–Crippen MR) is 94.5 cm³/mol. The molecular weight excluding hydrogens is 256 g/mol. The fourth-order valence-corrected chi connectivity index (χ4v) is 3.98. The maximum atomic E-state index is 5.79. The predicted octanol–water partition coefficient (Wildman–Crippen LogP) is 4.68. The summed E-state index contributed by atoms with van der Waals surface area (Å²) in [7, 11) is 2.34. The molecule has 0 amide bonds. The van der Waals surface area contributed by atoms with E-state index < -0.39 is 0 Å². The molecule has 0 radical (unpaired) electrons. The van der Waals surface area contributed by atoms with E-state index in [0.29, 0.717) is 5.41 Å². The van der Waals surface area contributed by atoms with Crippen molar-refractivity contribution in [3.63, 3.8) is 0 Å². The van der Waals surface area contributed by atoms with Crippen molar-refractivity contribution in [2.75, 3.05) is 20.1 Å². The van der Waals surface area contributed by atoms with Crippen LogP contribution in [0, 0.1) is 17.3 Å². The minimum Gasteiger partial charge on any atom is -0.330 e. The molecule has 1 aliphatic rings. The molecule has 1 saturated carbocycles. The van der Waals surface area contributed by atoms with Crippen LogP contribution in [0.4, 0.5) is 0 Å². The van der Waals surface area contributed by atoms with E-state index >= 15 is 0 Å². The summed E-state index contributed by atoms with van der Waals surface area (Å²) < 4.78 is 0. The van der Waals surface area contributed by atoms with Crippen molar-refractivity contribution in [1.82, 2.24) is 4.90 Å². The van der Waals surface area contributed by atoms with Gasteiger partial charge in [0.25, 0.3) is 0 Å². The van der Waals surface area contributed by atoms with Crippen LogP contribution < -0.4 is 5.73 Å². The summed E-state index contributed by atoms with van der Waals surface area (Å²) in [4.78, 5) is 2.63. The van der Waals surface area contributed by atoms with E-state index in [0.717, 1.165) is 24.4 Å². The lowest BCUT2D eigenvalue weighted by atomic mass is 9.76. The molecule has 126 valence electrons. The molecule has 0 aromatic rings. The molecule has 0 saturated heterocycles. The molecule has 2 heteroatoms. The highest BCUT2D eigenvalue weighted by atomic mass is 15.1. The second-order valence-electron chi connectivity index (χ2n) is 8.35. The van der Waals surface area contributed by atoms with E-state index in [1.165, 1.54) is 57.9 Å². The summed E-state index contributed by atoms with van der Waals surface area (Å²) in [5, 5.41) is 0. The molecule has 1 aliphatic carbocycles. The van der Waals surface area contributed by atoms with Crippen molar-refractivity contribution in [3.05, 3.63) is 0 Å². The van der Waals surface area contributed by atoms with Gasteiger partial charge in [-0.3, -0.25) is 0 Å². The summed E-state index contributed by atoms with van der Waals surface area (Å²) >= 11 is 0. The van der Waals surface area contributed by atoms with Gasteiger partial charge in [0.1, 0.15) is 0 Å². The molecule has 21 heavy (non-hydrogen) atoms. The van der Waals surface area contributed by atoms with Crippen LogP contribution in [0.1, 0.15) is 79.1 Å². The Morgan fingerprint density at radius 3 is 2.19 bits per heavy atom. The lowest BCUT2D eigenvalue weighted by molar-refractivity contribution is 0.149. The largest absolute Gasteiger partial charge is 0.330 e. The van der Waals surface area contributed by atoms with Crippen LogP contribution >= 0.6 is 0 Å². The van der Waals surface area contributed by atoms with Crippen molar-refractivity contribution < 1.29 is 0 Å². The quantitative estimate of drug-likeness (QED) is 0.705. The standard InChI is InChI=1S/C19H40N2/c1-6-16-9-11-18(12-10-16)21(5)15-7-8-17(13-14-20)19(2,3)4/h16-18H,6-15,20H2,1-5H3. The Bertz CT molecular complexity index is 261. The van der Waals surface area contributed by atoms with Crippen molar-refractivity contribution in [2.24, 2.45) is 23.0 Å². The van der Waals surface area contributed by atoms with Crippen molar-refractivity contribution in [1.29, 1.82) is 0 Å². The number of nitrogens with two attached hydrogens (primary N) is 1. The Balaban J connectivity index is 2.27. The number of hydrogen-bond donors (Lipinski definition) is 1. The fourth-order valence-electron chi connectivity index (χ4n) is 3.98. The summed E-state index contributed by atoms with van der Waals surface area (Å²) in [5.41, 5.74) is 6.19. The van der Waals surface area contributed by atoms with Crippen molar-refractivity contribution >= 4 is 0 Å². The van der Waals surface area contributed by atoms with Gasteiger partial charge in [-0.1, -0.05) is 34.1 Å². The van der Waals surface area contributed by atoms with Crippen LogP contribution in [0.3, 0.4) is 0 Å². The van der Waals surface area contributed by atoms with Crippen LogP contribution in [0.25, 0.3) is 0 Å².